The number of methoxy groups -OCH3 is 1. The molecule has 0 fully saturated rings. The molecule has 0 unspecified atom stereocenters. The molecular formula is C9H10FN3O. The summed E-state index contributed by atoms with van der Waals surface area (Å²) in [5, 5.41) is 0. The zero-order valence-corrected chi connectivity index (χ0v) is 7.67. The van der Waals surface area contributed by atoms with Gasteiger partial charge in [0.05, 0.1) is 19.2 Å². The van der Waals surface area contributed by atoms with Gasteiger partial charge in [-0.1, -0.05) is 0 Å². The minimum Gasteiger partial charge on any atom is -0.494 e. The molecule has 14 heavy (non-hydrogen) atoms. The number of fused-ring (bicyclic) bond motifs is 1. The molecule has 1 aromatic carbocycles. The molecule has 3 N–H and O–H groups in total. The molecule has 0 amide bonds. The molecule has 2 rings (SSSR count). The van der Waals surface area contributed by atoms with Crippen molar-refractivity contribution < 1.29 is 9.13 Å². The Bertz CT molecular complexity index is 466. The molecule has 0 radical (unpaired) electrons. The predicted octanol–water partition coefficient (Wildman–Crippen LogP) is 1.17. The van der Waals surface area contributed by atoms with Crippen LogP contribution in [0.2, 0.25) is 0 Å². The highest BCUT2D eigenvalue weighted by Gasteiger charge is 2.11. The summed E-state index contributed by atoms with van der Waals surface area (Å²) in [5.74, 6) is 0.292. The summed E-state index contributed by atoms with van der Waals surface area (Å²) in [5.41, 5.74) is 6.28. The molecule has 0 aliphatic heterocycles. The first-order chi connectivity index (χ1) is 6.76. The number of imidazole rings is 1. The Balaban J connectivity index is 2.68. The van der Waals surface area contributed by atoms with Crippen molar-refractivity contribution in [3.05, 3.63) is 23.8 Å². The van der Waals surface area contributed by atoms with Crippen LogP contribution in [0.25, 0.3) is 11.0 Å². The number of aromatic amines is 1. The molecule has 0 bridgehead atoms. The number of H-pyrrole nitrogens is 1. The number of hydrogen-bond acceptors (Lipinski definition) is 3. The lowest BCUT2D eigenvalue weighted by Crippen LogP contribution is -1.97. The largest absolute Gasteiger partial charge is 0.494 e. The second-order valence-electron chi connectivity index (χ2n) is 2.87. The third kappa shape index (κ3) is 1.22. The van der Waals surface area contributed by atoms with Gasteiger partial charge in [0.15, 0.2) is 11.6 Å². The third-order valence-corrected chi connectivity index (χ3v) is 2.02. The van der Waals surface area contributed by atoms with E-state index in [1.807, 2.05) is 0 Å². The number of hydrogen-bond donors (Lipinski definition) is 2. The maximum Gasteiger partial charge on any atom is 0.192 e. The van der Waals surface area contributed by atoms with Gasteiger partial charge in [0.1, 0.15) is 11.3 Å². The van der Waals surface area contributed by atoms with Crippen molar-refractivity contribution in [3.63, 3.8) is 0 Å². The van der Waals surface area contributed by atoms with Gasteiger partial charge < -0.3 is 15.5 Å². The molecule has 5 heteroatoms. The van der Waals surface area contributed by atoms with Crippen molar-refractivity contribution in [2.45, 2.75) is 6.54 Å². The van der Waals surface area contributed by atoms with E-state index in [2.05, 4.69) is 9.97 Å². The van der Waals surface area contributed by atoms with Crippen LogP contribution >= 0.6 is 0 Å². The zero-order chi connectivity index (χ0) is 10.1. The van der Waals surface area contributed by atoms with Crippen molar-refractivity contribution in [1.29, 1.82) is 0 Å². The van der Waals surface area contributed by atoms with Crippen LogP contribution in [0.3, 0.4) is 0 Å². The fourth-order valence-electron chi connectivity index (χ4n) is 1.33. The molecule has 0 aliphatic rings. The lowest BCUT2D eigenvalue weighted by Gasteiger charge is -1.99. The molecule has 4 nitrogen and oxygen atoms in total. The third-order valence-electron chi connectivity index (χ3n) is 2.02. The summed E-state index contributed by atoms with van der Waals surface area (Å²) in [6.45, 7) is 0.260. The number of ether oxygens (including phenoxy) is 1. The van der Waals surface area contributed by atoms with Gasteiger partial charge in [-0.15, -0.1) is 0 Å². The quantitative estimate of drug-likeness (QED) is 0.756. The second kappa shape index (κ2) is 3.26. The molecule has 1 heterocycles. The van der Waals surface area contributed by atoms with Gasteiger partial charge in [-0.25, -0.2) is 9.37 Å². The topological polar surface area (TPSA) is 63.9 Å². The minimum atomic E-state index is -0.457. The molecule has 0 aliphatic carbocycles. The number of halogens is 1. The summed E-state index contributed by atoms with van der Waals surface area (Å²) in [4.78, 5) is 6.91. The van der Waals surface area contributed by atoms with E-state index >= 15 is 0 Å². The first-order valence-electron chi connectivity index (χ1n) is 4.17. The molecule has 0 atom stereocenters. The van der Waals surface area contributed by atoms with Crippen LogP contribution in [-0.4, -0.2) is 17.1 Å². The van der Waals surface area contributed by atoms with E-state index in [-0.39, 0.29) is 17.8 Å². The molecule has 2 aromatic rings. The summed E-state index contributed by atoms with van der Waals surface area (Å²) in [7, 11) is 1.42. The average Bonchev–Trinajstić information content (AvgIpc) is 2.62. The fraction of sp³-hybridized carbons (Fsp3) is 0.222. The first kappa shape index (κ1) is 8.96. The van der Waals surface area contributed by atoms with Crippen LogP contribution in [0.4, 0.5) is 4.39 Å². The van der Waals surface area contributed by atoms with Crippen LogP contribution in [0.1, 0.15) is 5.82 Å². The molecular weight excluding hydrogens is 185 g/mol. The van der Waals surface area contributed by atoms with E-state index in [0.717, 1.165) is 0 Å². The number of benzene rings is 1. The maximum atomic E-state index is 13.6. The van der Waals surface area contributed by atoms with Crippen LogP contribution in [0, 0.1) is 5.82 Å². The number of nitrogens with zero attached hydrogens (tertiary/aromatic N) is 1. The van der Waals surface area contributed by atoms with Crippen molar-refractivity contribution in [3.8, 4) is 5.75 Å². The van der Waals surface area contributed by atoms with Crippen LogP contribution in [0.5, 0.6) is 5.75 Å². The van der Waals surface area contributed by atoms with Gasteiger partial charge in [-0.2, -0.15) is 0 Å². The standard InChI is InChI=1S/C9H10FN3O/c1-14-6-3-2-5-9(8(6)10)13-7(4-11)12-5/h2-3H,4,11H2,1H3,(H,12,13). The summed E-state index contributed by atoms with van der Waals surface area (Å²) >= 11 is 0. The van der Waals surface area contributed by atoms with Gasteiger partial charge in [0.2, 0.25) is 0 Å². The van der Waals surface area contributed by atoms with E-state index in [4.69, 9.17) is 10.5 Å². The Morgan fingerprint density at radius 1 is 1.57 bits per heavy atom. The van der Waals surface area contributed by atoms with Crippen molar-refractivity contribution in [1.82, 2.24) is 9.97 Å². The second-order valence-corrected chi connectivity index (χ2v) is 2.87. The number of nitrogens with two attached hydrogens (primary N) is 1. The van der Waals surface area contributed by atoms with Gasteiger partial charge >= 0.3 is 0 Å². The molecule has 1 aromatic heterocycles. The predicted molar refractivity (Wildman–Crippen MR) is 50.5 cm³/mol. The monoisotopic (exact) mass is 195 g/mol. The van der Waals surface area contributed by atoms with Crippen molar-refractivity contribution >= 4 is 11.0 Å². The highest BCUT2D eigenvalue weighted by atomic mass is 19.1. The minimum absolute atomic E-state index is 0.188. The van der Waals surface area contributed by atoms with E-state index in [1.54, 1.807) is 12.1 Å². The SMILES string of the molecule is COc1ccc2[nH]c(CN)nc2c1F. The summed E-state index contributed by atoms with van der Waals surface area (Å²) < 4.78 is 18.4. The highest BCUT2D eigenvalue weighted by molar-refractivity contribution is 5.77. The molecule has 74 valence electrons. The lowest BCUT2D eigenvalue weighted by molar-refractivity contribution is 0.388. The molecule has 0 saturated carbocycles. The Hall–Kier alpha value is -1.62. The van der Waals surface area contributed by atoms with Gasteiger partial charge in [0, 0.05) is 0 Å². The molecule has 0 saturated heterocycles. The van der Waals surface area contributed by atoms with Crippen LogP contribution < -0.4 is 10.5 Å². The summed E-state index contributed by atoms with van der Waals surface area (Å²) in [6.07, 6.45) is 0. The number of aromatic nitrogens is 2. The van der Waals surface area contributed by atoms with E-state index in [1.165, 1.54) is 7.11 Å². The van der Waals surface area contributed by atoms with E-state index in [9.17, 15) is 4.39 Å². The van der Waals surface area contributed by atoms with Crippen molar-refractivity contribution in [2.75, 3.05) is 7.11 Å². The maximum absolute atomic E-state index is 13.6. The highest BCUT2D eigenvalue weighted by Crippen LogP contribution is 2.24. The van der Waals surface area contributed by atoms with Crippen molar-refractivity contribution in [2.24, 2.45) is 5.73 Å². The Labute approximate surface area is 79.9 Å². The summed E-state index contributed by atoms with van der Waals surface area (Å²) in [6, 6.07) is 3.26. The fourth-order valence-corrected chi connectivity index (χ4v) is 1.33. The van der Waals surface area contributed by atoms with Gasteiger partial charge in [-0.3, -0.25) is 0 Å². The Morgan fingerprint density at radius 2 is 2.36 bits per heavy atom. The lowest BCUT2D eigenvalue weighted by atomic mass is 10.3. The normalized spacial score (nSPS) is 10.8. The average molecular weight is 195 g/mol. The van der Waals surface area contributed by atoms with Crippen LogP contribution in [0.15, 0.2) is 12.1 Å². The Kier molecular flexibility index (Phi) is 2.09. The van der Waals surface area contributed by atoms with E-state index in [0.29, 0.717) is 11.3 Å². The number of rotatable bonds is 2. The molecule has 0 spiro atoms. The van der Waals surface area contributed by atoms with Crippen LogP contribution in [-0.2, 0) is 6.54 Å². The smallest absolute Gasteiger partial charge is 0.192 e. The number of nitrogens with one attached hydrogen (secondary N) is 1. The van der Waals surface area contributed by atoms with Gasteiger partial charge in [-0.05, 0) is 12.1 Å². The van der Waals surface area contributed by atoms with E-state index < -0.39 is 5.82 Å². The zero-order valence-electron chi connectivity index (χ0n) is 7.67. The van der Waals surface area contributed by atoms with Gasteiger partial charge in [0.25, 0.3) is 0 Å². The first-order valence-corrected chi connectivity index (χ1v) is 4.17. The Morgan fingerprint density at radius 3 is 3.00 bits per heavy atom.